The van der Waals surface area contributed by atoms with Gasteiger partial charge in [0.05, 0.1) is 11.7 Å². The summed E-state index contributed by atoms with van der Waals surface area (Å²) >= 11 is 0. The highest BCUT2D eigenvalue weighted by molar-refractivity contribution is 5.94. The van der Waals surface area contributed by atoms with Crippen molar-refractivity contribution in [3.05, 3.63) is 64.8 Å². The number of rotatable bonds is 4. The van der Waals surface area contributed by atoms with Crippen molar-refractivity contribution in [2.45, 2.75) is 77.6 Å². The lowest BCUT2D eigenvalue weighted by atomic mass is 9.76. The molecule has 3 aliphatic rings. The molecule has 36 heavy (non-hydrogen) atoms. The van der Waals surface area contributed by atoms with Crippen LogP contribution in [-0.4, -0.2) is 65.3 Å². The second-order valence-corrected chi connectivity index (χ2v) is 11.0. The molecule has 2 amide bonds. The third-order valence-corrected chi connectivity index (χ3v) is 7.26. The zero-order valence-corrected chi connectivity index (χ0v) is 22.4. The molecule has 4 rings (SSSR count). The SMILES string of the molecule is CCN(CC)C(=O)c1ccc(/C=C2\CC3(CCN(C(=O)OC(C)(C)C)CC3)OC3CC=CC=C23)cc1. The van der Waals surface area contributed by atoms with E-state index in [0.717, 1.165) is 36.8 Å². The van der Waals surface area contributed by atoms with E-state index in [1.807, 2.05) is 63.8 Å². The van der Waals surface area contributed by atoms with Gasteiger partial charge in [-0.2, -0.15) is 0 Å². The van der Waals surface area contributed by atoms with E-state index in [1.165, 1.54) is 11.1 Å². The van der Waals surface area contributed by atoms with E-state index in [0.29, 0.717) is 26.2 Å². The van der Waals surface area contributed by atoms with E-state index < -0.39 is 5.60 Å². The van der Waals surface area contributed by atoms with Gasteiger partial charge in [-0.15, -0.1) is 0 Å². The van der Waals surface area contributed by atoms with Crippen molar-refractivity contribution in [2.75, 3.05) is 26.2 Å². The Kier molecular flexibility index (Phi) is 7.74. The van der Waals surface area contributed by atoms with Crippen LogP contribution in [0.5, 0.6) is 0 Å². The number of allylic oxidation sites excluding steroid dienone is 2. The molecule has 0 N–H and O–H groups in total. The Labute approximate surface area is 215 Å². The Balaban J connectivity index is 1.52. The number of benzene rings is 1. The van der Waals surface area contributed by atoms with Crippen LogP contribution < -0.4 is 0 Å². The minimum absolute atomic E-state index is 0.0339. The van der Waals surface area contributed by atoms with E-state index in [2.05, 4.69) is 24.3 Å². The lowest BCUT2D eigenvalue weighted by Gasteiger charge is -2.48. The second kappa shape index (κ2) is 10.6. The van der Waals surface area contributed by atoms with Crippen LogP contribution in [0, 0.1) is 0 Å². The number of carbonyl (C=O) groups excluding carboxylic acids is 2. The third kappa shape index (κ3) is 5.92. The van der Waals surface area contributed by atoms with Crippen LogP contribution in [0.4, 0.5) is 4.79 Å². The molecule has 6 nitrogen and oxygen atoms in total. The first-order chi connectivity index (χ1) is 17.1. The number of likely N-dealkylation sites (tertiary alicyclic amines) is 1. The van der Waals surface area contributed by atoms with Gasteiger partial charge in [-0.1, -0.05) is 36.4 Å². The van der Waals surface area contributed by atoms with Crippen LogP contribution in [0.2, 0.25) is 0 Å². The van der Waals surface area contributed by atoms with Gasteiger partial charge in [0.15, 0.2) is 0 Å². The van der Waals surface area contributed by atoms with Crippen LogP contribution in [0.15, 0.2) is 53.6 Å². The van der Waals surface area contributed by atoms with Crippen LogP contribution in [-0.2, 0) is 9.47 Å². The Morgan fingerprint density at radius 3 is 2.42 bits per heavy atom. The van der Waals surface area contributed by atoms with Gasteiger partial charge in [0.25, 0.3) is 5.91 Å². The number of amides is 2. The average molecular weight is 493 g/mol. The van der Waals surface area contributed by atoms with E-state index in [9.17, 15) is 9.59 Å². The Morgan fingerprint density at radius 1 is 1.14 bits per heavy atom. The molecule has 1 unspecified atom stereocenters. The molecule has 1 aliphatic carbocycles. The van der Waals surface area contributed by atoms with Gasteiger partial charge in [-0.3, -0.25) is 4.79 Å². The zero-order chi connectivity index (χ0) is 25.9. The maximum Gasteiger partial charge on any atom is 0.410 e. The van der Waals surface area contributed by atoms with Crippen LogP contribution >= 0.6 is 0 Å². The maximum absolute atomic E-state index is 12.7. The Morgan fingerprint density at radius 2 is 1.81 bits per heavy atom. The number of ether oxygens (including phenoxy) is 2. The Hall–Kier alpha value is -2.86. The third-order valence-electron chi connectivity index (χ3n) is 7.26. The summed E-state index contributed by atoms with van der Waals surface area (Å²) in [5.74, 6) is 0.0705. The summed E-state index contributed by atoms with van der Waals surface area (Å²) in [6.45, 7) is 12.4. The standard InChI is InChI=1S/C30H40N2O4/c1-6-31(7-2)27(33)23-14-12-22(13-15-23)20-24-21-30(35-26-11-9-8-10-25(24)26)16-18-32(19-17-30)28(34)36-29(3,4)5/h8-10,12-15,20,26H,6-7,11,16-19,21H2,1-5H3/b24-20+. The van der Waals surface area contributed by atoms with Gasteiger partial charge >= 0.3 is 6.09 Å². The molecule has 0 aromatic heterocycles. The first-order valence-electron chi connectivity index (χ1n) is 13.3. The molecule has 6 heteroatoms. The number of nitrogens with zero attached hydrogens (tertiary/aromatic N) is 2. The van der Waals surface area contributed by atoms with Gasteiger partial charge in [0.1, 0.15) is 5.60 Å². The first-order valence-corrected chi connectivity index (χ1v) is 13.3. The average Bonchev–Trinajstić information content (AvgIpc) is 2.84. The van der Waals surface area contributed by atoms with Gasteiger partial charge < -0.3 is 19.3 Å². The number of carbonyl (C=O) groups is 2. The molecule has 2 saturated heterocycles. The highest BCUT2D eigenvalue weighted by atomic mass is 16.6. The van der Waals surface area contributed by atoms with E-state index >= 15 is 0 Å². The topological polar surface area (TPSA) is 59.1 Å². The van der Waals surface area contributed by atoms with Gasteiger partial charge in [-0.05, 0) is 82.7 Å². The first kappa shape index (κ1) is 26.2. The maximum atomic E-state index is 12.7. The van der Waals surface area contributed by atoms with E-state index in [4.69, 9.17) is 9.47 Å². The molecule has 0 bridgehead atoms. The second-order valence-electron chi connectivity index (χ2n) is 11.0. The van der Waals surface area contributed by atoms with Crippen molar-refractivity contribution in [1.29, 1.82) is 0 Å². The zero-order valence-electron chi connectivity index (χ0n) is 22.4. The van der Waals surface area contributed by atoms with Crippen molar-refractivity contribution < 1.29 is 19.1 Å². The summed E-state index contributed by atoms with van der Waals surface area (Å²) in [5.41, 5.74) is 3.54. The fourth-order valence-electron chi connectivity index (χ4n) is 5.29. The molecule has 1 aromatic rings. The van der Waals surface area contributed by atoms with Crippen LogP contribution in [0.25, 0.3) is 6.08 Å². The predicted octanol–water partition coefficient (Wildman–Crippen LogP) is 6.00. The van der Waals surface area contributed by atoms with Crippen molar-refractivity contribution >= 4 is 18.1 Å². The summed E-state index contributed by atoms with van der Waals surface area (Å²) in [7, 11) is 0. The van der Waals surface area contributed by atoms with Crippen molar-refractivity contribution in [2.24, 2.45) is 0 Å². The summed E-state index contributed by atoms with van der Waals surface area (Å²) < 4.78 is 12.3. The highest BCUT2D eigenvalue weighted by Crippen LogP contribution is 2.45. The molecule has 1 aromatic carbocycles. The molecule has 194 valence electrons. The Bertz CT molecular complexity index is 1050. The lowest BCUT2D eigenvalue weighted by Crippen LogP contribution is -2.52. The molecule has 0 saturated carbocycles. The van der Waals surface area contributed by atoms with Gasteiger partial charge in [-0.25, -0.2) is 4.79 Å². The van der Waals surface area contributed by atoms with Crippen molar-refractivity contribution in [3.63, 3.8) is 0 Å². The molecule has 0 radical (unpaired) electrons. The minimum Gasteiger partial charge on any atom is -0.444 e. The summed E-state index contributed by atoms with van der Waals surface area (Å²) in [5, 5.41) is 0. The van der Waals surface area contributed by atoms with Crippen LogP contribution in [0.3, 0.4) is 0 Å². The number of fused-ring (bicyclic) bond motifs is 1. The van der Waals surface area contributed by atoms with Crippen molar-refractivity contribution in [3.8, 4) is 0 Å². The fourth-order valence-corrected chi connectivity index (χ4v) is 5.29. The minimum atomic E-state index is -0.497. The number of piperidine rings is 1. The highest BCUT2D eigenvalue weighted by Gasteiger charge is 2.44. The molecule has 2 fully saturated rings. The van der Waals surface area contributed by atoms with Crippen molar-refractivity contribution in [1.82, 2.24) is 9.80 Å². The van der Waals surface area contributed by atoms with E-state index in [-0.39, 0.29) is 23.7 Å². The van der Waals surface area contributed by atoms with Crippen LogP contribution in [0.1, 0.15) is 76.2 Å². The van der Waals surface area contributed by atoms with E-state index in [1.54, 1.807) is 4.90 Å². The quantitative estimate of drug-likeness (QED) is 0.517. The molecule has 2 aliphatic heterocycles. The summed E-state index contributed by atoms with van der Waals surface area (Å²) in [6.07, 6.45) is 11.7. The molecule has 2 heterocycles. The summed E-state index contributed by atoms with van der Waals surface area (Å²) in [4.78, 5) is 28.9. The predicted molar refractivity (Wildman–Crippen MR) is 143 cm³/mol. The monoisotopic (exact) mass is 492 g/mol. The smallest absolute Gasteiger partial charge is 0.410 e. The fraction of sp³-hybridized carbons (Fsp3) is 0.533. The normalized spacial score (nSPS) is 22.2. The summed E-state index contributed by atoms with van der Waals surface area (Å²) in [6, 6.07) is 7.92. The number of hydrogen-bond acceptors (Lipinski definition) is 4. The lowest BCUT2D eigenvalue weighted by molar-refractivity contribution is -0.120. The largest absolute Gasteiger partial charge is 0.444 e. The molecule has 1 atom stereocenters. The van der Waals surface area contributed by atoms with Gasteiger partial charge in [0.2, 0.25) is 0 Å². The molecular weight excluding hydrogens is 452 g/mol. The molecule has 1 spiro atoms. The van der Waals surface area contributed by atoms with Gasteiger partial charge in [0, 0.05) is 38.2 Å². The number of hydrogen-bond donors (Lipinski definition) is 0. The molecular formula is C30H40N2O4.